The van der Waals surface area contributed by atoms with Crippen LogP contribution in [0.2, 0.25) is 10.0 Å². The molecule has 0 aliphatic carbocycles. The third kappa shape index (κ3) is 3.46. The van der Waals surface area contributed by atoms with Crippen LogP contribution in [0.3, 0.4) is 0 Å². The molecule has 0 spiro atoms. The van der Waals surface area contributed by atoms with Crippen molar-refractivity contribution in [1.82, 2.24) is 4.90 Å². The Kier molecular flexibility index (Phi) is 5.47. The SMILES string of the molecule is C=CCN1C(=O)/C(=C2/Sc3ccccc3N2C)SC1=Nc1ccc(Cl)c(Cl)c1. The average Bonchev–Trinajstić information content (AvgIpc) is 3.17. The molecule has 0 radical (unpaired) electrons. The zero-order chi connectivity index (χ0) is 19.8. The summed E-state index contributed by atoms with van der Waals surface area (Å²) < 4.78 is 0. The first-order valence-corrected chi connectivity index (χ1v) is 10.8. The molecule has 0 bridgehead atoms. The van der Waals surface area contributed by atoms with E-state index in [9.17, 15) is 4.79 Å². The van der Waals surface area contributed by atoms with Gasteiger partial charge in [0, 0.05) is 18.5 Å². The van der Waals surface area contributed by atoms with Gasteiger partial charge in [0.1, 0.15) is 4.91 Å². The molecular formula is C20H15Cl2N3OS2. The van der Waals surface area contributed by atoms with Gasteiger partial charge in [0.2, 0.25) is 0 Å². The second-order valence-electron chi connectivity index (χ2n) is 6.06. The predicted molar refractivity (Wildman–Crippen MR) is 121 cm³/mol. The van der Waals surface area contributed by atoms with Gasteiger partial charge in [0.15, 0.2) is 5.17 Å². The molecule has 1 amide bonds. The number of hydrogen-bond donors (Lipinski definition) is 0. The van der Waals surface area contributed by atoms with Crippen molar-refractivity contribution in [3.05, 3.63) is 75.1 Å². The van der Waals surface area contributed by atoms with E-state index < -0.39 is 0 Å². The molecule has 8 heteroatoms. The van der Waals surface area contributed by atoms with Gasteiger partial charge in [0.25, 0.3) is 5.91 Å². The summed E-state index contributed by atoms with van der Waals surface area (Å²) >= 11 is 15.1. The van der Waals surface area contributed by atoms with Crippen LogP contribution in [0.5, 0.6) is 0 Å². The zero-order valence-corrected chi connectivity index (χ0v) is 18.0. The summed E-state index contributed by atoms with van der Waals surface area (Å²) in [5, 5.41) is 2.39. The molecule has 0 N–H and O–H groups in total. The smallest absolute Gasteiger partial charge is 0.269 e. The van der Waals surface area contributed by atoms with E-state index in [0.717, 1.165) is 15.6 Å². The Morgan fingerprint density at radius 3 is 2.64 bits per heavy atom. The maximum Gasteiger partial charge on any atom is 0.269 e. The fourth-order valence-electron chi connectivity index (χ4n) is 2.87. The molecule has 1 fully saturated rings. The Balaban J connectivity index is 1.74. The topological polar surface area (TPSA) is 35.9 Å². The summed E-state index contributed by atoms with van der Waals surface area (Å²) in [5.74, 6) is -0.0779. The molecule has 4 rings (SSSR count). The first kappa shape index (κ1) is 19.5. The lowest BCUT2D eigenvalue weighted by Crippen LogP contribution is -2.29. The van der Waals surface area contributed by atoms with Gasteiger partial charge < -0.3 is 4.90 Å². The molecule has 28 heavy (non-hydrogen) atoms. The van der Waals surface area contributed by atoms with Gasteiger partial charge in [-0.1, -0.05) is 53.2 Å². The third-order valence-electron chi connectivity index (χ3n) is 4.24. The van der Waals surface area contributed by atoms with Crippen LogP contribution in [0.25, 0.3) is 0 Å². The number of benzene rings is 2. The number of anilines is 1. The van der Waals surface area contributed by atoms with E-state index in [1.807, 2.05) is 25.2 Å². The highest BCUT2D eigenvalue weighted by molar-refractivity contribution is 8.19. The van der Waals surface area contributed by atoms with Crippen molar-refractivity contribution in [2.24, 2.45) is 4.99 Å². The Bertz CT molecular complexity index is 1050. The lowest BCUT2D eigenvalue weighted by molar-refractivity contribution is -0.121. The van der Waals surface area contributed by atoms with Gasteiger partial charge in [-0.3, -0.25) is 9.69 Å². The maximum atomic E-state index is 13.1. The zero-order valence-electron chi connectivity index (χ0n) is 14.9. The lowest BCUT2D eigenvalue weighted by Gasteiger charge is -2.15. The van der Waals surface area contributed by atoms with E-state index in [2.05, 4.69) is 22.5 Å². The number of carbonyl (C=O) groups excluding carboxylic acids is 1. The molecule has 0 aromatic heterocycles. The van der Waals surface area contributed by atoms with Crippen molar-refractivity contribution in [2.75, 3.05) is 18.5 Å². The molecule has 2 aromatic rings. The standard InChI is InChI=1S/C20H15Cl2N3OS2/c1-3-10-25-18(26)17(19-24(2)15-6-4-5-7-16(15)27-19)28-20(25)23-12-8-9-13(21)14(22)11-12/h3-9,11H,1,10H2,2H3/b19-17-,23-20?. The summed E-state index contributed by atoms with van der Waals surface area (Å²) in [5.41, 5.74) is 1.73. The Morgan fingerprint density at radius 2 is 1.93 bits per heavy atom. The third-order valence-corrected chi connectivity index (χ3v) is 7.41. The monoisotopic (exact) mass is 447 g/mol. The molecule has 1 saturated heterocycles. The number of fused-ring (bicyclic) bond motifs is 1. The van der Waals surface area contributed by atoms with E-state index in [0.29, 0.717) is 32.4 Å². The molecule has 2 aromatic carbocycles. The first-order valence-electron chi connectivity index (χ1n) is 8.39. The second kappa shape index (κ2) is 7.87. The summed E-state index contributed by atoms with van der Waals surface area (Å²) in [7, 11) is 1.97. The molecule has 142 valence electrons. The van der Waals surface area contributed by atoms with Crippen LogP contribution < -0.4 is 4.90 Å². The Hall–Kier alpha value is -1.86. The minimum atomic E-state index is -0.0779. The number of rotatable bonds is 3. The maximum absolute atomic E-state index is 13.1. The number of nitrogens with zero attached hydrogens (tertiary/aromatic N) is 3. The largest absolute Gasteiger partial charge is 0.337 e. The molecular weight excluding hydrogens is 433 g/mol. The van der Waals surface area contributed by atoms with Crippen molar-refractivity contribution >= 4 is 69.2 Å². The molecule has 2 aliphatic heterocycles. The minimum Gasteiger partial charge on any atom is -0.337 e. The average molecular weight is 448 g/mol. The predicted octanol–water partition coefficient (Wildman–Crippen LogP) is 6.15. The lowest BCUT2D eigenvalue weighted by atomic mass is 10.3. The minimum absolute atomic E-state index is 0.0779. The van der Waals surface area contributed by atoms with Gasteiger partial charge in [-0.25, -0.2) is 4.99 Å². The molecule has 2 heterocycles. The van der Waals surface area contributed by atoms with Crippen molar-refractivity contribution in [2.45, 2.75) is 4.90 Å². The van der Waals surface area contributed by atoms with Crippen LogP contribution >= 0.6 is 46.7 Å². The number of para-hydroxylation sites is 1. The molecule has 2 aliphatic rings. The normalized spacial score (nSPS) is 20.2. The fourth-order valence-corrected chi connectivity index (χ4v) is 5.52. The molecule has 0 atom stereocenters. The number of carbonyl (C=O) groups is 1. The van der Waals surface area contributed by atoms with Gasteiger partial charge >= 0.3 is 0 Å². The fraction of sp³-hybridized carbons (Fsp3) is 0.100. The highest BCUT2D eigenvalue weighted by Gasteiger charge is 2.38. The number of thioether (sulfide) groups is 2. The summed E-state index contributed by atoms with van der Waals surface area (Å²) in [6.07, 6.45) is 1.69. The summed E-state index contributed by atoms with van der Waals surface area (Å²) in [4.78, 5) is 23.2. The number of hydrogen-bond acceptors (Lipinski definition) is 5. The quantitative estimate of drug-likeness (QED) is 0.417. The van der Waals surface area contributed by atoms with Crippen molar-refractivity contribution in [1.29, 1.82) is 0 Å². The van der Waals surface area contributed by atoms with Gasteiger partial charge in [-0.15, -0.1) is 6.58 Å². The molecule has 4 nitrogen and oxygen atoms in total. The van der Waals surface area contributed by atoms with Crippen LogP contribution in [0.4, 0.5) is 11.4 Å². The van der Waals surface area contributed by atoms with Crippen LogP contribution in [-0.2, 0) is 4.79 Å². The van der Waals surface area contributed by atoms with Gasteiger partial charge in [-0.2, -0.15) is 0 Å². The number of amides is 1. The van der Waals surface area contributed by atoms with E-state index in [4.69, 9.17) is 23.2 Å². The van der Waals surface area contributed by atoms with Crippen LogP contribution in [0.15, 0.2) is 74.9 Å². The number of halogens is 2. The Labute approximate surface area is 181 Å². The molecule has 0 unspecified atom stereocenters. The number of amidine groups is 1. The van der Waals surface area contributed by atoms with E-state index in [-0.39, 0.29) is 5.91 Å². The highest BCUT2D eigenvalue weighted by atomic mass is 35.5. The van der Waals surface area contributed by atoms with E-state index in [1.165, 1.54) is 11.8 Å². The van der Waals surface area contributed by atoms with Crippen LogP contribution in [0, 0.1) is 0 Å². The number of aliphatic imine (C=N–C) groups is 1. The first-order chi connectivity index (χ1) is 13.5. The molecule has 0 saturated carbocycles. The Morgan fingerprint density at radius 1 is 1.14 bits per heavy atom. The van der Waals surface area contributed by atoms with Crippen LogP contribution in [-0.4, -0.2) is 29.6 Å². The summed E-state index contributed by atoms with van der Waals surface area (Å²) in [6.45, 7) is 4.15. The van der Waals surface area contributed by atoms with E-state index >= 15 is 0 Å². The van der Waals surface area contributed by atoms with Gasteiger partial charge in [0.05, 0.1) is 26.4 Å². The van der Waals surface area contributed by atoms with Crippen LogP contribution in [0.1, 0.15) is 0 Å². The van der Waals surface area contributed by atoms with E-state index in [1.54, 1.807) is 40.9 Å². The highest BCUT2D eigenvalue weighted by Crippen LogP contribution is 2.50. The van der Waals surface area contributed by atoms with Crippen molar-refractivity contribution in [3.63, 3.8) is 0 Å². The summed E-state index contributed by atoms with van der Waals surface area (Å²) in [6, 6.07) is 13.2. The second-order valence-corrected chi connectivity index (χ2v) is 8.88. The van der Waals surface area contributed by atoms with Crippen molar-refractivity contribution in [3.8, 4) is 0 Å². The van der Waals surface area contributed by atoms with Crippen molar-refractivity contribution < 1.29 is 4.79 Å². The van der Waals surface area contributed by atoms with Gasteiger partial charge in [-0.05, 0) is 42.1 Å².